The van der Waals surface area contributed by atoms with Crippen LogP contribution in [0.4, 0.5) is 0 Å². The molecule has 1 rings (SSSR count). The summed E-state index contributed by atoms with van der Waals surface area (Å²) in [6, 6.07) is 0.685. The van der Waals surface area contributed by atoms with Crippen molar-refractivity contribution in [2.24, 2.45) is 0 Å². The molecule has 0 aliphatic heterocycles. The van der Waals surface area contributed by atoms with Gasteiger partial charge in [-0.05, 0) is 39.9 Å². The van der Waals surface area contributed by atoms with Crippen molar-refractivity contribution in [1.82, 2.24) is 18.8 Å². The van der Waals surface area contributed by atoms with Crippen LogP contribution in [0.2, 0.25) is 0 Å². The molecule has 6 nitrogen and oxygen atoms in total. The second kappa shape index (κ2) is 7.54. The molecule has 0 unspecified atom stereocenters. The van der Waals surface area contributed by atoms with Gasteiger partial charge in [0.2, 0.25) is 0 Å². The van der Waals surface area contributed by atoms with Crippen LogP contribution in [-0.2, 0) is 10.2 Å². The molecule has 0 bridgehead atoms. The summed E-state index contributed by atoms with van der Waals surface area (Å²) < 4.78 is 27.3. The third-order valence-corrected chi connectivity index (χ3v) is 5.25. The SMILES string of the molecule is CN(C)CCN(C)S(=O)(=O)N(C)CCCNC1CC1. The third kappa shape index (κ3) is 6.18. The molecule has 0 amide bonds. The van der Waals surface area contributed by atoms with Gasteiger partial charge in [-0.2, -0.15) is 17.0 Å². The monoisotopic (exact) mass is 292 g/mol. The fourth-order valence-corrected chi connectivity index (χ4v) is 2.85. The van der Waals surface area contributed by atoms with Gasteiger partial charge in [-0.1, -0.05) is 0 Å². The van der Waals surface area contributed by atoms with Gasteiger partial charge >= 0.3 is 0 Å². The average molecular weight is 292 g/mol. The van der Waals surface area contributed by atoms with Crippen molar-refractivity contribution in [1.29, 1.82) is 0 Å². The second-order valence-electron chi connectivity index (χ2n) is 5.54. The predicted molar refractivity (Wildman–Crippen MR) is 78.4 cm³/mol. The first kappa shape index (κ1) is 16.8. The predicted octanol–water partition coefficient (Wildman–Crippen LogP) is -0.201. The molecule has 0 radical (unpaired) electrons. The van der Waals surface area contributed by atoms with E-state index in [2.05, 4.69) is 5.32 Å². The smallest absolute Gasteiger partial charge is 0.281 e. The van der Waals surface area contributed by atoms with Gasteiger partial charge in [0, 0.05) is 39.8 Å². The first-order valence-corrected chi connectivity index (χ1v) is 8.29. The number of rotatable bonds is 10. The Morgan fingerprint density at radius 3 is 2.11 bits per heavy atom. The molecule has 0 atom stereocenters. The zero-order valence-corrected chi connectivity index (χ0v) is 13.4. The lowest BCUT2D eigenvalue weighted by Gasteiger charge is -2.25. The summed E-state index contributed by atoms with van der Waals surface area (Å²) in [7, 11) is 3.86. The number of nitrogens with one attached hydrogen (secondary N) is 1. The maximum Gasteiger partial charge on any atom is 0.281 e. The fraction of sp³-hybridized carbons (Fsp3) is 1.00. The maximum absolute atomic E-state index is 12.2. The van der Waals surface area contributed by atoms with Crippen LogP contribution < -0.4 is 5.32 Å². The van der Waals surface area contributed by atoms with Gasteiger partial charge < -0.3 is 10.2 Å². The molecule has 0 aromatic heterocycles. The van der Waals surface area contributed by atoms with Crippen LogP contribution in [-0.4, -0.2) is 82.3 Å². The summed E-state index contributed by atoms with van der Waals surface area (Å²) in [6.07, 6.45) is 3.39. The van der Waals surface area contributed by atoms with Crippen LogP contribution in [0.3, 0.4) is 0 Å². The Kier molecular flexibility index (Phi) is 6.68. The first-order valence-electron chi connectivity index (χ1n) is 6.89. The van der Waals surface area contributed by atoms with Gasteiger partial charge in [0.05, 0.1) is 0 Å². The molecule has 1 aliphatic rings. The Hall–Kier alpha value is -0.210. The van der Waals surface area contributed by atoms with Crippen molar-refractivity contribution in [2.75, 3.05) is 54.4 Å². The van der Waals surface area contributed by atoms with Gasteiger partial charge in [0.25, 0.3) is 10.2 Å². The molecule has 19 heavy (non-hydrogen) atoms. The molecule has 0 aromatic carbocycles. The molecule has 114 valence electrons. The van der Waals surface area contributed by atoms with Crippen LogP contribution in [0.5, 0.6) is 0 Å². The lowest BCUT2D eigenvalue weighted by Crippen LogP contribution is -2.43. The largest absolute Gasteiger partial charge is 0.314 e. The van der Waals surface area contributed by atoms with E-state index in [-0.39, 0.29) is 0 Å². The van der Waals surface area contributed by atoms with E-state index < -0.39 is 10.2 Å². The van der Waals surface area contributed by atoms with E-state index in [0.717, 1.165) is 19.5 Å². The van der Waals surface area contributed by atoms with E-state index in [4.69, 9.17) is 0 Å². The maximum atomic E-state index is 12.2. The fourth-order valence-electron chi connectivity index (χ4n) is 1.70. The summed E-state index contributed by atoms with van der Waals surface area (Å²) in [4.78, 5) is 1.98. The van der Waals surface area contributed by atoms with E-state index in [1.807, 2.05) is 19.0 Å². The standard InChI is InChI=1S/C12H28N4O2S/c1-14(2)10-11-16(4)19(17,18)15(3)9-5-8-13-12-6-7-12/h12-13H,5-11H2,1-4H3. The van der Waals surface area contributed by atoms with Crippen molar-refractivity contribution in [2.45, 2.75) is 25.3 Å². The van der Waals surface area contributed by atoms with Crippen LogP contribution in [0.1, 0.15) is 19.3 Å². The summed E-state index contributed by atoms with van der Waals surface area (Å²) >= 11 is 0. The quantitative estimate of drug-likeness (QED) is 0.567. The first-order chi connectivity index (χ1) is 8.84. The lowest BCUT2D eigenvalue weighted by molar-refractivity contribution is 0.337. The van der Waals surface area contributed by atoms with Gasteiger partial charge in [-0.3, -0.25) is 0 Å². The number of likely N-dealkylation sites (N-methyl/N-ethyl adjacent to an activating group) is 2. The average Bonchev–Trinajstić information content (AvgIpc) is 3.14. The molecular weight excluding hydrogens is 264 g/mol. The van der Waals surface area contributed by atoms with E-state index in [1.165, 1.54) is 21.5 Å². The third-order valence-electron chi connectivity index (χ3n) is 3.31. The molecule has 1 fully saturated rings. The Morgan fingerprint density at radius 2 is 1.58 bits per heavy atom. The van der Waals surface area contributed by atoms with Crippen molar-refractivity contribution < 1.29 is 8.42 Å². The van der Waals surface area contributed by atoms with Crippen LogP contribution in [0.25, 0.3) is 0 Å². The Balaban J connectivity index is 2.27. The van der Waals surface area contributed by atoms with E-state index in [9.17, 15) is 8.42 Å². The topological polar surface area (TPSA) is 55.9 Å². The Morgan fingerprint density at radius 1 is 1.00 bits per heavy atom. The molecule has 0 aromatic rings. The summed E-state index contributed by atoms with van der Waals surface area (Å²) in [5.74, 6) is 0. The highest BCUT2D eigenvalue weighted by Crippen LogP contribution is 2.18. The molecular formula is C12H28N4O2S. The van der Waals surface area contributed by atoms with Gasteiger partial charge in [0.15, 0.2) is 0 Å². The summed E-state index contributed by atoms with van der Waals surface area (Å²) in [5.41, 5.74) is 0. The molecule has 1 saturated carbocycles. The van der Waals surface area contributed by atoms with Crippen LogP contribution >= 0.6 is 0 Å². The number of nitrogens with zero attached hydrogens (tertiary/aromatic N) is 3. The van der Waals surface area contributed by atoms with Crippen LogP contribution in [0, 0.1) is 0 Å². The van der Waals surface area contributed by atoms with E-state index in [1.54, 1.807) is 14.1 Å². The van der Waals surface area contributed by atoms with Crippen molar-refractivity contribution in [3.63, 3.8) is 0 Å². The zero-order chi connectivity index (χ0) is 14.5. The minimum Gasteiger partial charge on any atom is -0.314 e. The second-order valence-corrected chi connectivity index (χ2v) is 7.68. The highest BCUT2D eigenvalue weighted by molar-refractivity contribution is 7.86. The van der Waals surface area contributed by atoms with Gasteiger partial charge in [-0.15, -0.1) is 0 Å². The van der Waals surface area contributed by atoms with Crippen LogP contribution in [0.15, 0.2) is 0 Å². The molecule has 0 saturated heterocycles. The molecule has 7 heteroatoms. The highest BCUT2D eigenvalue weighted by atomic mass is 32.2. The van der Waals surface area contributed by atoms with Gasteiger partial charge in [-0.25, -0.2) is 0 Å². The Bertz CT molecular complexity index is 355. The number of hydrogen-bond donors (Lipinski definition) is 1. The van der Waals surface area contributed by atoms with E-state index in [0.29, 0.717) is 19.1 Å². The lowest BCUT2D eigenvalue weighted by atomic mass is 10.4. The minimum absolute atomic E-state index is 0.514. The Labute approximate surface area is 117 Å². The molecule has 1 aliphatic carbocycles. The van der Waals surface area contributed by atoms with Crippen molar-refractivity contribution >= 4 is 10.2 Å². The summed E-state index contributed by atoms with van der Waals surface area (Å²) in [5, 5.41) is 3.39. The highest BCUT2D eigenvalue weighted by Gasteiger charge is 2.23. The molecule has 0 spiro atoms. The number of hydrogen-bond acceptors (Lipinski definition) is 4. The minimum atomic E-state index is -3.31. The normalized spacial score (nSPS) is 16.8. The van der Waals surface area contributed by atoms with E-state index >= 15 is 0 Å². The molecule has 1 N–H and O–H groups in total. The van der Waals surface area contributed by atoms with Crippen molar-refractivity contribution in [3.8, 4) is 0 Å². The molecule has 0 heterocycles. The van der Waals surface area contributed by atoms with Gasteiger partial charge in [0.1, 0.15) is 0 Å². The summed E-state index contributed by atoms with van der Waals surface area (Å²) in [6.45, 7) is 2.70. The zero-order valence-electron chi connectivity index (χ0n) is 12.6. The van der Waals surface area contributed by atoms with Crippen molar-refractivity contribution in [3.05, 3.63) is 0 Å².